The highest BCUT2D eigenvalue weighted by atomic mass is 14.1. The Bertz CT molecular complexity index is 468. The maximum absolute atomic E-state index is 2.32. The van der Waals surface area contributed by atoms with E-state index in [1.807, 2.05) is 0 Å². The average Bonchev–Trinajstić information content (AvgIpc) is 2.35. The van der Waals surface area contributed by atoms with Crippen LogP contribution in [0.5, 0.6) is 0 Å². The molecule has 0 nitrogen and oxygen atoms in total. The van der Waals surface area contributed by atoms with E-state index in [0.717, 1.165) is 6.42 Å². The summed E-state index contributed by atoms with van der Waals surface area (Å²) in [6, 6.07) is 13.6. The van der Waals surface area contributed by atoms with Crippen LogP contribution < -0.4 is 0 Å². The fourth-order valence-corrected chi connectivity index (χ4v) is 2.21. The Morgan fingerprint density at radius 1 is 1.00 bits per heavy atom. The first-order chi connectivity index (χ1) is 7.85. The zero-order chi connectivity index (χ0) is 11.4. The number of rotatable bonds is 4. The third-order valence-electron chi connectivity index (χ3n) is 3.24. The van der Waals surface area contributed by atoms with Crippen molar-refractivity contribution in [1.82, 2.24) is 0 Å². The summed E-state index contributed by atoms with van der Waals surface area (Å²) in [5.74, 6) is 0. The third kappa shape index (κ3) is 2.27. The molecule has 16 heavy (non-hydrogen) atoms. The van der Waals surface area contributed by atoms with Gasteiger partial charge in [0.25, 0.3) is 0 Å². The van der Waals surface area contributed by atoms with Crippen LogP contribution in [0.1, 0.15) is 37.8 Å². The van der Waals surface area contributed by atoms with Gasteiger partial charge in [0.1, 0.15) is 0 Å². The number of hydrogen-bond donors (Lipinski definition) is 0. The van der Waals surface area contributed by atoms with E-state index in [1.165, 1.54) is 41.2 Å². The van der Waals surface area contributed by atoms with Crippen molar-refractivity contribution in [2.75, 3.05) is 0 Å². The molecule has 2 aromatic carbocycles. The van der Waals surface area contributed by atoms with Gasteiger partial charge in [-0.05, 0) is 41.2 Å². The molecule has 0 heteroatoms. The molecule has 2 aromatic rings. The molecule has 0 aliphatic carbocycles. The number of fused-ring (bicyclic) bond motifs is 1. The lowest BCUT2D eigenvalue weighted by Crippen LogP contribution is -1.88. The van der Waals surface area contributed by atoms with E-state index in [2.05, 4.69) is 50.2 Å². The average molecular weight is 212 g/mol. The lowest BCUT2D eigenvalue weighted by Gasteiger charge is -2.07. The van der Waals surface area contributed by atoms with Gasteiger partial charge in [0.15, 0.2) is 0 Å². The minimum atomic E-state index is 1.12. The van der Waals surface area contributed by atoms with Crippen molar-refractivity contribution in [2.24, 2.45) is 0 Å². The molecule has 0 saturated carbocycles. The highest BCUT2D eigenvalue weighted by molar-refractivity contribution is 5.86. The molecule has 0 aliphatic rings. The van der Waals surface area contributed by atoms with Crippen LogP contribution in [-0.2, 0) is 12.8 Å². The maximum atomic E-state index is 2.32. The van der Waals surface area contributed by atoms with E-state index in [0.29, 0.717) is 0 Å². The van der Waals surface area contributed by atoms with Crippen LogP contribution in [0.4, 0.5) is 0 Å². The van der Waals surface area contributed by atoms with Gasteiger partial charge in [-0.3, -0.25) is 0 Å². The largest absolute Gasteiger partial charge is 0.0654 e. The van der Waals surface area contributed by atoms with Crippen molar-refractivity contribution in [1.29, 1.82) is 0 Å². The second-order valence-electron chi connectivity index (χ2n) is 4.43. The van der Waals surface area contributed by atoms with E-state index in [9.17, 15) is 0 Å². The summed E-state index contributed by atoms with van der Waals surface area (Å²) < 4.78 is 0. The molecular formula is C16H20. The number of aryl methyl sites for hydroxylation is 2. The summed E-state index contributed by atoms with van der Waals surface area (Å²) in [6.07, 6.45) is 4.88. The van der Waals surface area contributed by atoms with Crippen LogP contribution in [-0.4, -0.2) is 0 Å². The van der Waals surface area contributed by atoms with Crippen LogP contribution in [0.25, 0.3) is 10.8 Å². The highest BCUT2D eigenvalue weighted by Gasteiger charge is 2.00. The third-order valence-corrected chi connectivity index (χ3v) is 3.24. The normalized spacial score (nSPS) is 10.9. The van der Waals surface area contributed by atoms with E-state index >= 15 is 0 Å². The summed E-state index contributed by atoms with van der Waals surface area (Å²) in [5.41, 5.74) is 2.93. The van der Waals surface area contributed by atoms with Gasteiger partial charge in [-0.25, -0.2) is 0 Å². The predicted octanol–water partition coefficient (Wildman–Crippen LogP) is 4.74. The minimum Gasteiger partial charge on any atom is -0.0654 e. The van der Waals surface area contributed by atoms with Gasteiger partial charge in [0.2, 0.25) is 0 Å². The van der Waals surface area contributed by atoms with Gasteiger partial charge in [-0.1, -0.05) is 56.7 Å². The lowest BCUT2D eigenvalue weighted by atomic mass is 9.98. The van der Waals surface area contributed by atoms with Crippen molar-refractivity contribution < 1.29 is 0 Å². The highest BCUT2D eigenvalue weighted by Crippen LogP contribution is 2.22. The molecule has 0 heterocycles. The SMILES string of the molecule is CCCCc1cccc2cc(CC)ccc12. The predicted molar refractivity (Wildman–Crippen MR) is 71.9 cm³/mol. The minimum absolute atomic E-state index is 1.12. The molecule has 0 N–H and O–H groups in total. The van der Waals surface area contributed by atoms with Crippen molar-refractivity contribution in [2.45, 2.75) is 39.5 Å². The van der Waals surface area contributed by atoms with Gasteiger partial charge >= 0.3 is 0 Å². The van der Waals surface area contributed by atoms with E-state index in [4.69, 9.17) is 0 Å². The Hall–Kier alpha value is -1.30. The van der Waals surface area contributed by atoms with Crippen LogP contribution in [0.2, 0.25) is 0 Å². The second-order valence-corrected chi connectivity index (χ2v) is 4.43. The van der Waals surface area contributed by atoms with E-state index in [1.54, 1.807) is 0 Å². The van der Waals surface area contributed by atoms with Gasteiger partial charge < -0.3 is 0 Å². The zero-order valence-corrected chi connectivity index (χ0v) is 10.3. The molecule has 0 aromatic heterocycles. The van der Waals surface area contributed by atoms with Crippen molar-refractivity contribution in [3.05, 3.63) is 47.5 Å². The van der Waals surface area contributed by atoms with Crippen LogP contribution >= 0.6 is 0 Å². The molecule has 0 spiro atoms. The quantitative estimate of drug-likeness (QED) is 0.686. The summed E-state index contributed by atoms with van der Waals surface area (Å²) in [6.45, 7) is 4.46. The van der Waals surface area contributed by atoms with Gasteiger partial charge in [0, 0.05) is 0 Å². The standard InChI is InChI=1S/C16H20/c1-3-5-7-14-8-6-9-15-12-13(4-2)10-11-16(14)15/h6,8-12H,3-5,7H2,1-2H3. The molecule has 0 amide bonds. The van der Waals surface area contributed by atoms with E-state index in [-0.39, 0.29) is 0 Å². The van der Waals surface area contributed by atoms with Crippen LogP contribution in [0.15, 0.2) is 36.4 Å². The fraction of sp³-hybridized carbons (Fsp3) is 0.375. The Morgan fingerprint density at radius 3 is 2.62 bits per heavy atom. The topological polar surface area (TPSA) is 0 Å². The first-order valence-corrected chi connectivity index (χ1v) is 6.35. The first-order valence-electron chi connectivity index (χ1n) is 6.35. The van der Waals surface area contributed by atoms with E-state index < -0.39 is 0 Å². The summed E-state index contributed by atoms with van der Waals surface area (Å²) in [7, 11) is 0. The van der Waals surface area contributed by atoms with Crippen molar-refractivity contribution >= 4 is 10.8 Å². The molecule has 2 rings (SSSR count). The van der Waals surface area contributed by atoms with Crippen LogP contribution in [0, 0.1) is 0 Å². The number of unbranched alkanes of at least 4 members (excludes halogenated alkanes) is 1. The van der Waals surface area contributed by atoms with Crippen molar-refractivity contribution in [3.8, 4) is 0 Å². The number of hydrogen-bond acceptors (Lipinski definition) is 0. The molecular weight excluding hydrogens is 192 g/mol. The molecule has 0 bridgehead atoms. The summed E-state index contributed by atoms with van der Waals surface area (Å²) in [5, 5.41) is 2.83. The number of benzene rings is 2. The Balaban J connectivity index is 2.43. The zero-order valence-electron chi connectivity index (χ0n) is 10.3. The maximum Gasteiger partial charge on any atom is -0.0152 e. The Kier molecular flexibility index (Phi) is 3.61. The molecule has 0 atom stereocenters. The Morgan fingerprint density at radius 2 is 1.88 bits per heavy atom. The fourth-order valence-electron chi connectivity index (χ4n) is 2.21. The second kappa shape index (κ2) is 5.16. The smallest absolute Gasteiger partial charge is 0.0152 e. The van der Waals surface area contributed by atoms with Crippen molar-refractivity contribution in [3.63, 3.8) is 0 Å². The summed E-state index contributed by atoms with van der Waals surface area (Å²) >= 11 is 0. The molecule has 0 aliphatic heterocycles. The van der Waals surface area contributed by atoms with Gasteiger partial charge in [0.05, 0.1) is 0 Å². The lowest BCUT2D eigenvalue weighted by molar-refractivity contribution is 0.799. The van der Waals surface area contributed by atoms with Crippen LogP contribution in [0.3, 0.4) is 0 Å². The van der Waals surface area contributed by atoms with Gasteiger partial charge in [-0.15, -0.1) is 0 Å². The molecule has 84 valence electrons. The molecule has 0 radical (unpaired) electrons. The molecule has 0 fully saturated rings. The Labute approximate surface area is 98.3 Å². The first kappa shape index (κ1) is 11.2. The molecule has 0 saturated heterocycles. The monoisotopic (exact) mass is 212 g/mol. The summed E-state index contributed by atoms with van der Waals surface area (Å²) in [4.78, 5) is 0. The van der Waals surface area contributed by atoms with Gasteiger partial charge in [-0.2, -0.15) is 0 Å². The molecule has 0 unspecified atom stereocenters.